The first kappa shape index (κ1) is 89.6. The standard InChI is InChI=1S/3C28H41N7O4/c3*1-17(2)34(13-6-12-30-27(38)33-19-9-7-18(8-10-19)28(3,4)5)15-21-22(36)23(37)26(39-21)35-14-11-20-24(29)31-16-32-25(20)35/h3*7-11,14,16-17,21-23,26,36-37H,6,12-13,15H2,1-5H3,(H2,29,31,32)(H2,30,33,38)/t3*21-,22-,23-,26-/m111/s1. The van der Waals surface area contributed by atoms with Crippen LogP contribution in [0.5, 0.6) is 0 Å². The van der Waals surface area contributed by atoms with Crippen molar-refractivity contribution in [2.45, 2.75) is 231 Å². The number of hydrogen-bond acceptors (Lipinski definition) is 24. The topological polar surface area (TPSA) is 452 Å². The number of aliphatic hydroxyl groups is 6. The molecule has 0 bridgehead atoms. The highest BCUT2D eigenvalue weighted by atomic mass is 16.6. The van der Waals surface area contributed by atoms with Gasteiger partial charge >= 0.3 is 18.1 Å². The number of nitrogens with two attached hydrogens (primary N) is 3. The molecule has 33 heteroatoms. The number of benzene rings is 3. The van der Waals surface area contributed by atoms with E-state index < -0.39 is 73.6 Å². The van der Waals surface area contributed by atoms with Gasteiger partial charge in [0.15, 0.2) is 18.7 Å². The van der Waals surface area contributed by atoms with E-state index >= 15 is 0 Å². The van der Waals surface area contributed by atoms with Gasteiger partial charge in [0, 0.05) is 113 Å². The van der Waals surface area contributed by atoms with Gasteiger partial charge < -0.3 is 108 Å². The average molecular weight is 1620 g/mol. The summed E-state index contributed by atoms with van der Waals surface area (Å²) in [6.45, 7) is 36.6. The van der Waals surface area contributed by atoms with Gasteiger partial charge in [-0.1, -0.05) is 98.7 Å². The zero-order chi connectivity index (χ0) is 85.0. The van der Waals surface area contributed by atoms with Gasteiger partial charge in [0.05, 0.1) is 16.2 Å². The van der Waals surface area contributed by atoms with E-state index in [2.05, 4.69) is 180 Å². The number of nitrogens with zero attached hydrogens (tertiary/aromatic N) is 12. The van der Waals surface area contributed by atoms with Crippen molar-refractivity contribution in [3.63, 3.8) is 0 Å². The lowest BCUT2D eigenvalue weighted by atomic mass is 9.87. The van der Waals surface area contributed by atoms with Crippen LogP contribution in [0.3, 0.4) is 0 Å². The number of amides is 6. The lowest BCUT2D eigenvalue weighted by Crippen LogP contribution is -2.44. The Hall–Kier alpha value is -9.75. The van der Waals surface area contributed by atoms with E-state index in [0.717, 1.165) is 17.1 Å². The molecule has 3 saturated heterocycles. The van der Waals surface area contributed by atoms with Crippen LogP contribution in [-0.4, -0.2) is 239 Å². The molecule has 18 N–H and O–H groups in total. The van der Waals surface area contributed by atoms with Gasteiger partial charge in [-0.2, -0.15) is 0 Å². The molecule has 12 atom stereocenters. The first-order chi connectivity index (χ1) is 55.4. The summed E-state index contributed by atoms with van der Waals surface area (Å²) in [6.07, 6.45) is 0.631. The number of hydrogen-bond donors (Lipinski definition) is 15. The monoisotopic (exact) mass is 1620 g/mol. The van der Waals surface area contributed by atoms with E-state index in [1.807, 2.05) is 72.8 Å². The molecule has 636 valence electrons. The van der Waals surface area contributed by atoms with Gasteiger partial charge in [0.1, 0.15) is 108 Å². The number of nitrogens with one attached hydrogen (secondary N) is 6. The second kappa shape index (κ2) is 39.2. The fourth-order valence-electron chi connectivity index (χ4n) is 14.4. The van der Waals surface area contributed by atoms with E-state index in [-0.39, 0.29) is 52.5 Å². The molecule has 6 amide bonds. The van der Waals surface area contributed by atoms with Crippen molar-refractivity contribution in [1.82, 2.24) is 74.3 Å². The predicted molar refractivity (Wildman–Crippen MR) is 454 cm³/mol. The molecule has 3 aromatic carbocycles. The second-order valence-electron chi connectivity index (χ2n) is 34.2. The van der Waals surface area contributed by atoms with Gasteiger partial charge in [-0.05, 0) is 148 Å². The Kier molecular flexibility index (Phi) is 30.0. The quantitative estimate of drug-likeness (QED) is 0.0214. The summed E-state index contributed by atoms with van der Waals surface area (Å²) in [5.74, 6) is 1.03. The van der Waals surface area contributed by atoms with E-state index in [1.54, 1.807) is 50.5 Å². The molecular weight excluding hydrogens is 1500 g/mol. The summed E-state index contributed by atoms with van der Waals surface area (Å²) >= 11 is 0. The first-order valence-electron chi connectivity index (χ1n) is 40.3. The maximum atomic E-state index is 12.4. The van der Waals surface area contributed by atoms with E-state index in [0.29, 0.717) is 129 Å². The molecule has 3 aliphatic rings. The highest BCUT2D eigenvalue weighted by Crippen LogP contribution is 2.38. The summed E-state index contributed by atoms with van der Waals surface area (Å²) < 4.78 is 23.5. The maximum Gasteiger partial charge on any atom is 0.319 e. The van der Waals surface area contributed by atoms with Crippen molar-refractivity contribution in [2.24, 2.45) is 0 Å². The molecule has 0 spiro atoms. The number of carbonyl (C=O) groups excluding carboxylic acids is 3. The molecular formula is C84H123N21O12. The number of ether oxygens (including phenoxy) is 3. The van der Waals surface area contributed by atoms with Crippen molar-refractivity contribution in [2.75, 3.05) is 92.1 Å². The molecule has 0 radical (unpaired) electrons. The molecule has 3 fully saturated rings. The number of rotatable bonds is 27. The minimum Gasteiger partial charge on any atom is -0.387 e. The molecule has 117 heavy (non-hydrogen) atoms. The zero-order valence-corrected chi connectivity index (χ0v) is 70.0. The lowest BCUT2D eigenvalue weighted by molar-refractivity contribution is -0.0465. The number of aliphatic hydroxyl groups excluding tert-OH is 6. The Morgan fingerprint density at radius 3 is 0.846 bits per heavy atom. The lowest BCUT2D eigenvalue weighted by Gasteiger charge is -2.30. The molecule has 9 heterocycles. The minimum absolute atomic E-state index is 0.0573. The Balaban J connectivity index is 0.000000185. The molecule has 0 aliphatic carbocycles. The van der Waals surface area contributed by atoms with Crippen molar-refractivity contribution < 1.29 is 59.2 Å². The molecule has 12 rings (SSSR count). The number of nitrogen functional groups attached to an aromatic ring is 3. The summed E-state index contributed by atoms with van der Waals surface area (Å²) in [5.41, 5.74) is 25.4. The number of urea groups is 3. The van der Waals surface area contributed by atoms with Crippen LogP contribution in [0.15, 0.2) is 129 Å². The SMILES string of the molecule is CC(C)N(CCCNC(=O)Nc1ccc(C(C)(C)C)cc1)C[C@H]1O[C@@H](n2ccc3c(N)ncnc32)[C@H](O)[C@@H]1O.CC(C)N(CCCNC(=O)Nc1ccc(C(C)(C)C)cc1)C[C@H]1O[C@@H](n2ccc3c(N)ncnc32)[C@H](O)[C@@H]1O.CC(C)N(CCCNC(=O)Nc1ccc(C(C)(C)C)cc1)C[C@H]1O[C@@H](n2ccc3c(N)ncnc32)[C@H](O)[C@@H]1O. The van der Waals surface area contributed by atoms with Crippen molar-refractivity contribution >= 4 is 85.7 Å². The molecule has 9 aromatic rings. The Bertz CT molecular complexity index is 4230. The number of fused-ring (bicyclic) bond motifs is 3. The molecule has 3 aliphatic heterocycles. The van der Waals surface area contributed by atoms with Crippen LogP contribution < -0.4 is 49.1 Å². The average Bonchev–Trinajstić information content (AvgIpc) is 1.63. The fourth-order valence-corrected chi connectivity index (χ4v) is 14.4. The normalized spacial score (nSPS) is 21.7. The predicted octanol–water partition coefficient (Wildman–Crippen LogP) is 8.56. The molecule has 0 saturated carbocycles. The van der Waals surface area contributed by atoms with Crippen LogP contribution in [-0.2, 0) is 30.5 Å². The molecule has 33 nitrogen and oxygen atoms in total. The third kappa shape index (κ3) is 23.0. The van der Waals surface area contributed by atoms with Crippen LogP contribution in [0.25, 0.3) is 33.1 Å². The molecule has 0 unspecified atom stereocenters. The van der Waals surface area contributed by atoms with Crippen LogP contribution in [0.1, 0.15) is 158 Å². The number of aromatic nitrogens is 9. The van der Waals surface area contributed by atoms with Crippen LogP contribution in [0.2, 0.25) is 0 Å². The number of carbonyl (C=O) groups is 3. The van der Waals surface area contributed by atoms with Crippen molar-refractivity contribution in [3.8, 4) is 0 Å². The smallest absolute Gasteiger partial charge is 0.319 e. The summed E-state index contributed by atoms with van der Waals surface area (Å²) in [7, 11) is 0. The summed E-state index contributed by atoms with van der Waals surface area (Å²) in [6, 6.07) is 28.7. The Morgan fingerprint density at radius 2 is 0.624 bits per heavy atom. The Labute approximate surface area is 684 Å². The maximum absolute atomic E-state index is 12.4. The summed E-state index contributed by atoms with van der Waals surface area (Å²) in [5, 5.41) is 84.0. The van der Waals surface area contributed by atoms with Gasteiger partial charge in [0.2, 0.25) is 0 Å². The zero-order valence-electron chi connectivity index (χ0n) is 70.0. The van der Waals surface area contributed by atoms with Crippen LogP contribution >= 0.6 is 0 Å². The van der Waals surface area contributed by atoms with Crippen LogP contribution in [0, 0.1) is 0 Å². The summed E-state index contributed by atoms with van der Waals surface area (Å²) in [4.78, 5) is 68.4. The highest BCUT2D eigenvalue weighted by molar-refractivity contribution is 5.91. The van der Waals surface area contributed by atoms with Gasteiger partial charge in [-0.25, -0.2) is 44.3 Å². The molecule has 6 aromatic heterocycles. The van der Waals surface area contributed by atoms with Crippen molar-refractivity contribution in [1.29, 1.82) is 0 Å². The van der Waals surface area contributed by atoms with Crippen molar-refractivity contribution in [3.05, 3.63) is 145 Å². The Morgan fingerprint density at radius 1 is 0.385 bits per heavy atom. The van der Waals surface area contributed by atoms with E-state index in [9.17, 15) is 45.0 Å². The third-order valence-electron chi connectivity index (χ3n) is 21.6. The van der Waals surface area contributed by atoms with E-state index in [4.69, 9.17) is 31.4 Å². The highest BCUT2D eigenvalue weighted by Gasteiger charge is 2.48. The number of anilines is 6. The van der Waals surface area contributed by atoms with Gasteiger partial charge in [-0.15, -0.1) is 0 Å². The minimum atomic E-state index is -1.13. The largest absolute Gasteiger partial charge is 0.387 e. The van der Waals surface area contributed by atoms with Gasteiger partial charge in [0.25, 0.3) is 0 Å². The van der Waals surface area contributed by atoms with Crippen LogP contribution in [0.4, 0.5) is 48.9 Å². The third-order valence-corrected chi connectivity index (χ3v) is 21.6. The van der Waals surface area contributed by atoms with Gasteiger partial charge in [-0.3, -0.25) is 14.7 Å². The first-order valence-corrected chi connectivity index (χ1v) is 40.3. The second-order valence-corrected chi connectivity index (χ2v) is 34.2. The van der Waals surface area contributed by atoms with E-state index in [1.165, 1.54) is 35.7 Å². The fraction of sp³-hybridized carbons (Fsp3) is 0.536.